The minimum absolute atomic E-state index is 0.0476. The van der Waals surface area contributed by atoms with Crippen molar-refractivity contribution < 1.29 is 18.7 Å². The fourth-order valence-corrected chi connectivity index (χ4v) is 1.26. The van der Waals surface area contributed by atoms with Gasteiger partial charge in [0.25, 0.3) is 0 Å². The zero-order valence-electron chi connectivity index (χ0n) is 8.26. The Kier molecular flexibility index (Phi) is 3.06. The Morgan fingerprint density at radius 3 is 2.43 bits per heavy atom. The summed E-state index contributed by atoms with van der Waals surface area (Å²) in [6, 6.07) is 1.35. The van der Waals surface area contributed by atoms with Crippen molar-refractivity contribution in [2.75, 3.05) is 14.2 Å². The van der Waals surface area contributed by atoms with Gasteiger partial charge in [-0.1, -0.05) is 0 Å². The highest BCUT2D eigenvalue weighted by Gasteiger charge is 2.15. The number of ether oxygens (including phenoxy) is 2. The fraction of sp³-hybridized carbons (Fsp3) is 0.300. The van der Waals surface area contributed by atoms with E-state index < -0.39 is 5.82 Å². The van der Waals surface area contributed by atoms with Crippen molar-refractivity contribution in [2.24, 2.45) is 0 Å². The third kappa shape index (κ3) is 1.55. The second kappa shape index (κ2) is 4.09. The van der Waals surface area contributed by atoms with Crippen molar-refractivity contribution in [3.8, 4) is 11.5 Å². The summed E-state index contributed by atoms with van der Waals surface area (Å²) in [4.78, 5) is 10.5. The van der Waals surface area contributed by atoms with Gasteiger partial charge >= 0.3 is 0 Å². The largest absolute Gasteiger partial charge is 0.496 e. The van der Waals surface area contributed by atoms with E-state index in [-0.39, 0.29) is 11.3 Å². The van der Waals surface area contributed by atoms with E-state index in [4.69, 9.17) is 9.47 Å². The Bertz CT molecular complexity index is 361. The third-order valence-electron chi connectivity index (χ3n) is 2.00. The summed E-state index contributed by atoms with van der Waals surface area (Å²) >= 11 is 0. The molecule has 0 amide bonds. The van der Waals surface area contributed by atoms with Crippen LogP contribution in [0.15, 0.2) is 6.07 Å². The molecule has 1 aromatic carbocycles. The molecule has 0 aliphatic rings. The molecule has 0 saturated heterocycles. The Morgan fingerprint density at radius 1 is 1.36 bits per heavy atom. The van der Waals surface area contributed by atoms with Gasteiger partial charge in [0.2, 0.25) is 0 Å². The molecule has 76 valence electrons. The van der Waals surface area contributed by atoms with Crippen LogP contribution >= 0.6 is 0 Å². The minimum Gasteiger partial charge on any atom is -0.496 e. The van der Waals surface area contributed by atoms with Crippen LogP contribution in [0.3, 0.4) is 0 Å². The van der Waals surface area contributed by atoms with Gasteiger partial charge in [-0.15, -0.1) is 0 Å². The molecule has 0 fully saturated rings. The highest BCUT2D eigenvalue weighted by atomic mass is 19.1. The van der Waals surface area contributed by atoms with Crippen LogP contribution in [0.2, 0.25) is 0 Å². The minimum atomic E-state index is -0.652. The molecule has 0 saturated carbocycles. The Hall–Kier alpha value is -1.58. The number of hydrogen-bond acceptors (Lipinski definition) is 3. The van der Waals surface area contributed by atoms with Gasteiger partial charge in [0.15, 0.2) is 17.9 Å². The van der Waals surface area contributed by atoms with Crippen LogP contribution in [-0.4, -0.2) is 20.5 Å². The smallest absolute Gasteiger partial charge is 0.176 e. The molecular weight excluding hydrogens is 187 g/mol. The van der Waals surface area contributed by atoms with E-state index in [1.54, 1.807) is 6.92 Å². The predicted octanol–water partition coefficient (Wildman–Crippen LogP) is 1.96. The monoisotopic (exact) mass is 198 g/mol. The van der Waals surface area contributed by atoms with Gasteiger partial charge < -0.3 is 9.47 Å². The van der Waals surface area contributed by atoms with E-state index in [0.717, 1.165) is 0 Å². The number of benzene rings is 1. The second-order valence-electron chi connectivity index (χ2n) is 2.76. The van der Waals surface area contributed by atoms with Crippen LogP contribution < -0.4 is 9.47 Å². The van der Waals surface area contributed by atoms with E-state index in [2.05, 4.69) is 0 Å². The standard InChI is InChI=1S/C10H11FO3/c1-6-8(13-2)4-7(5-12)9(11)10(6)14-3/h4-5H,1-3H3. The highest BCUT2D eigenvalue weighted by Crippen LogP contribution is 2.32. The summed E-state index contributed by atoms with van der Waals surface area (Å²) in [6.07, 6.45) is 0.430. The zero-order valence-corrected chi connectivity index (χ0v) is 8.26. The van der Waals surface area contributed by atoms with Crippen molar-refractivity contribution in [1.82, 2.24) is 0 Å². The summed E-state index contributed by atoms with van der Waals surface area (Å²) in [5, 5.41) is 0. The molecule has 14 heavy (non-hydrogen) atoms. The van der Waals surface area contributed by atoms with Crippen LogP contribution in [0.1, 0.15) is 15.9 Å². The molecule has 0 unspecified atom stereocenters. The van der Waals surface area contributed by atoms with Crippen molar-refractivity contribution in [3.63, 3.8) is 0 Å². The molecule has 0 aromatic heterocycles. The molecule has 0 N–H and O–H groups in total. The molecule has 0 bridgehead atoms. The summed E-state index contributed by atoms with van der Waals surface area (Å²) in [5.41, 5.74) is 0.474. The number of aldehydes is 1. The molecule has 1 aromatic rings. The quantitative estimate of drug-likeness (QED) is 0.696. The lowest BCUT2D eigenvalue weighted by molar-refractivity contribution is 0.111. The SMILES string of the molecule is COc1cc(C=O)c(F)c(OC)c1C. The summed E-state index contributed by atoms with van der Waals surface area (Å²) in [6.45, 7) is 1.66. The molecule has 1 rings (SSSR count). The molecular formula is C10H11FO3. The number of carbonyl (C=O) groups is 1. The van der Waals surface area contributed by atoms with Crippen molar-refractivity contribution in [3.05, 3.63) is 23.0 Å². The number of carbonyl (C=O) groups excluding carboxylic acids is 1. The first-order chi connectivity index (χ1) is 6.65. The molecule has 0 radical (unpaired) electrons. The molecule has 0 heterocycles. The van der Waals surface area contributed by atoms with Gasteiger partial charge in [-0.2, -0.15) is 0 Å². The van der Waals surface area contributed by atoms with Crippen LogP contribution in [0, 0.1) is 12.7 Å². The predicted molar refractivity (Wildman–Crippen MR) is 49.6 cm³/mol. The van der Waals surface area contributed by atoms with Crippen LogP contribution in [0.25, 0.3) is 0 Å². The van der Waals surface area contributed by atoms with Crippen LogP contribution in [-0.2, 0) is 0 Å². The summed E-state index contributed by atoms with van der Waals surface area (Å²) < 4.78 is 23.3. The number of methoxy groups -OCH3 is 2. The van der Waals surface area contributed by atoms with E-state index in [1.165, 1.54) is 20.3 Å². The molecule has 4 heteroatoms. The lowest BCUT2D eigenvalue weighted by Crippen LogP contribution is -1.99. The van der Waals surface area contributed by atoms with E-state index in [9.17, 15) is 9.18 Å². The second-order valence-corrected chi connectivity index (χ2v) is 2.76. The lowest BCUT2D eigenvalue weighted by Gasteiger charge is -2.11. The summed E-state index contributed by atoms with van der Waals surface area (Å²) in [5.74, 6) is -0.169. The maximum absolute atomic E-state index is 13.4. The van der Waals surface area contributed by atoms with E-state index in [0.29, 0.717) is 17.6 Å². The molecule has 0 spiro atoms. The first-order valence-corrected chi connectivity index (χ1v) is 4.02. The zero-order chi connectivity index (χ0) is 10.7. The van der Waals surface area contributed by atoms with Gasteiger partial charge in [0.05, 0.1) is 19.8 Å². The van der Waals surface area contributed by atoms with E-state index >= 15 is 0 Å². The van der Waals surface area contributed by atoms with Crippen molar-refractivity contribution in [2.45, 2.75) is 6.92 Å². The normalized spacial score (nSPS) is 9.71. The molecule has 0 atom stereocenters. The Morgan fingerprint density at radius 2 is 2.00 bits per heavy atom. The van der Waals surface area contributed by atoms with Gasteiger partial charge in [-0.25, -0.2) is 4.39 Å². The van der Waals surface area contributed by atoms with Gasteiger partial charge in [-0.3, -0.25) is 4.79 Å². The Balaban J connectivity index is 3.46. The highest BCUT2D eigenvalue weighted by molar-refractivity contribution is 5.78. The first kappa shape index (κ1) is 10.5. The van der Waals surface area contributed by atoms with Crippen molar-refractivity contribution in [1.29, 1.82) is 0 Å². The fourth-order valence-electron chi connectivity index (χ4n) is 1.26. The van der Waals surface area contributed by atoms with Gasteiger partial charge in [0.1, 0.15) is 5.75 Å². The summed E-state index contributed by atoms with van der Waals surface area (Å²) in [7, 11) is 2.80. The molecule has 0 aliphatic carbocycles. The van der Waals surface area contributed by atoms with Crippen LogP contribution in [0.5, 0.6) is 11.5 Å². The molecule has 0 aliphatic heterocycles. The maximum atomic E-state index is 13.4. The maximum Gasteiger partial charge on any atom is 0.176 e. The van der Waals surface area contributed by atoms with Crippen LogP contribution in [0.4, 0.5) is 4.39 Å². The Labute approximate surface area is 81.4 Å². The van der Waals surface area contributed by atoms with Crippen molar-refractivity contribution >= 4 is 6.29 Å². The average Bonchev–Trinajstić information content (AvgIpc) is 2.19. The van der Waals surface area contributed by atoms with Gasteiger partial charge in [0, 0.05) is 5.56 Å². The molecule has 3 nitrogen and oxygen atoms in total. The lowest BCUT2D eigenvalue weighted by atomic mass is 10.1. The number of halogens is 1. The first-order valence-electron chi connectivity index (χ1n) is 4.02. The number of hydrogen-bond donors (Lipinski definition) is 0. The third-order valence-corrected chi connectivity index (χ3v) is 2.00. The average molecular weight is 198 g/mol. The van der Waals surface area contributed by atoms with Gasteiger partial charge in [-0.05, 0) is 13.0 Å². The topological polar surface area (TPSA) is 35.5 Å². The van der Waals surface area contributed by atoms with E-state index in [1.807, 2.05) is 0 Å². The number of rotatable bonds is 3.